The maximum absolute atomic E-state index is 11.3. The van der Waals surface area contributed by atoms with E-state index in [4.69, 9.17) is 14.0 Å². The molecule has 1 aliphatic heterocycles. The van der Waals surface area contributed by atoms with Crippen LogP contribution in [0.25, 0.3) is 0 Å². The van der Waals surface area contributed by atoms with Gasteiger partial charge < -0.3 is 19.2 Å². The maximum atomic E-state index is 11.3. The largest absolute Gasteiger partial charge is 0.496 e. The van der Waals surface area contributed by atoms with Crippen LogP contribution in [0, 0.1) is 6.92 Å². The molecule has 0 bridgehead atoms. The molecule has 1 saturated heterocycles. The number of aryl methyl sites for hydroxylation is 1. The first-order valence-corrected chi connectivity index (χ1v) is 7.79. The summed E-state index contributed by atoms with van der Waals surface area (Å²) in [5.41, 5.74) is 0.854. The molecule has 0 aromatic heterocycles. The summed E-state index contributed by atoms with van der Waals surface area (Å²) in [6, 6.07) is 5.67. The van der Waals surface area contributed by atoms with Gasteiger partial charge in [-0.1, -0.05) is 12.1 Å². The van der Waals surface area contributed by atoms with E-state index < -0.39 is 24.3 Å². The smallest absolute Gasteiger partial charge is 0.466 e. The fraction of sp³-hybridized carbons (Fsp3) is 0.588. The van der Waals surface area contributed by atoms with Crippen LogP contribution in [0.5, 0.6) is 5.75 Å². The molecule has 1 aromatic carbocycles. The molecule has 1 aliphatic rings. The Hall–Kier alpha value is -1.53. The number of benzene rings is 1. The Balaban J connectivity index is 2.35. The Morgan fingerprint density at radius 3 is 2.26 bits per heavy atom. The van der Waals surface area contributed by atoms with Gasteiger partial charge in [0.2, 0.25) is 0 Å². The summed E-state index contributed by atoms with van der Waals surface area (Å²) < 4.78 is 17.4. The van der Waals surface area contributed by atoms with Crippen LogP contribution in [0.2, 0.25) is 0 Å². The van der Waals surface area contributed by atoms with Crippen LogP contribution < -0.4 is 4.74 Å². The monoisotopic (exact) mass is 320 g/mol. The Morgan fingerprint density at radius 2 is 1.83 bits per heavy atom. The Kier molecular flexibility index (Phi) is 4.78. The Morgan fingerprint density at radius 1 is 1.26 bits per heavy atom. The summed E-state index contributed by atoms with van der Waals surface area (Å²) in [6.45, 7) is 9.78. The van der Waals surface area contributed by atoms with E-state index in [1.165, 1.54) is 0 Å². The van der Waals surface area contributed by atoms with E-state index in [0.717, 1.165) is 16.9 Å². The molecule has 0 radical (unpaired) electrons. The molecule has 0 spiro atoms. The Bertz CT molecular complexity index is 581. The van der Waals surface area contributed by atoms with Crippen molar-refractivity contribution in [2.24, 2.45) is 0 Å². The number of hydrogen-bond donors (Lipinski definition) is 1. The normalized spacial score (nSPS) is 20.3. The van der Waals surface area contributed by atoms with Crippen molar-refractivity contribution in [3.8, 4) is 5.75 Å². The number of hydrogen-bond acceptors (Lipinski definition) is 4. The molecular weight excluding hydrogens is 295 g/mol. The summed E-state index contributed by atoms with van der Waals surface area (Å²) in [4.78, 5) is 11.3. The summed E-state index contributed by atoms with van der Waals surface area (Å²) >= 11 is 0. The molecule has 0 amide bonds. The van der Waals surface area contributed by atoms with E-state index in [1.807, 2.05) is 52.8 Å². The number of carboxylic acid groups (broad SMARTS) is 1. The molecule has 0 saturated carbocycles. The minimum atomic E-state index is -0.877. The van der Waals surface area contributed by atoms with Gasteiger partial charge in [-0.3, -0.25) is 4.79 Å². The molecule has 1 heterocycles. The first-order valence-electron chi connectivity index (χ1n) is 7.79. The molecule has 1 aromatic rings. The summed E-state index contributed by atoms with van der Waals surface area (Å²) in [5, 5.41) is 9.30. The predicted octanol–water partition coefficient (Wildman–Crippen LogP) is 3.19. The second-order valence-electron chi connectivity index (χ2n) is 7.06. The zero-order valence-electron chi connectivity index (χ0n) is 14.7. The summed E-state index contributed by atoms with van der Waals surface area (Å²) in [5.74, 6) is -0.479. The van der Waals surface area contributed by atoms with Crippen molar-refractivity contribution in [2.75, 3.05) is 7.11 Å². The van der Waals surface area contributed by atoms with Gasteiger partial charge in [0.1, 0.15) is 5.75 Å². The van der Waals surface area contributed by atoms with Crippen molar-refractivity contribution < 1.29 is 23.9 Å². The quantitative estimate of drug-likeness (QED) is 0.844. The SMILES string of the molecule is COc1ccc(C(CC(=O)O)B2OC(C)(C)C(C)(C)O2)cc1C. The van der Waals surface area contributed by atoms with E-state index >= 15 is 0 Å². The highest BCUT2D eigenvalue weighted by Gasteiger charge is 2.54. The lowest BCUT2D eigenvalue weighted by Gasteiger charge is -2.32. The van der Waals surface area contributed by atoms with Crippen LogP contribution in [0.1, 0.15) is 51.1 Å². The number of ether oxygens (including phenoxy) is 1. The van der Waals surface area contributed by atoms with Gasteiger partial charge in [0.25, 0.3) is 0 Å². The van der Waals surface area contributed by atoms with Gasteiger partial charge >= 0.3 is 13.1 Å². The molecule has 5 nitrogen and oxygen atoms in total. The van der Waals surface area contributed by atoms with Gasteiger partial charge in [-0.25, -0.2) is 0 Å². The number of methoxy groups -OCH3 is 1. The van der Waals surface area contributed by atoms with Crippen LogP contribution in [0.15, 0.2) is 18.2 Å². The molecular formula is C17H25BO5. The van der Waals surface area contributed by atoms with Crippen molar-refractivity contribution in [3.63, 3.8) is 0 Å². The lowest BCUT2D eigenvalue weighted by Crippen LogP contribution is -2.41. The lowest BCUT2D eigenvalue weighted by atomic mass is 9.66. The minimum absolute atomic E-state index is 0.0530. The fourth-order valence-corrected chi connectivity index (χ4v) is 2.74. The van der Waals surface area contributed by atoms with Crippen LogP contribution in [0.4, 0.5) is 0 Å². The van der Waals surface area contributed by atoms with Crippen LogP contribution in [-0.2, 0) is 14.1 Å². The molecule has 23 heavy (non-hydrogen) atoms. The highest BCUT2D eigenvalue weighted by Crippen LogP contribution is 2.42. The van der Waals surface area contributed by atoms with Gasteiger partial charge in [0.15, 0.2) is 0 Å². The predicted molar refractivity (Wildman–Crippen MR) is 88.8 cm³/mol. The molecule has 2 rings (SSSR count). The van der Waals surface area contributed by atoms with Crippen molar-refractivity contribution in [3.05, 3.63) is 29.3 Å². The van der Waals surface area contributed by atoms with E-state index in [2.05, 4.69) is 0 Å². The second kappa shape index (κ2) is 6.17. The fourth-order valence-electron chi connectivity index (χ4n) is 2.74. The molecule has 126 valence electrons. The molecule has 1 unspecified atom stereocenters. The number of carboxylic acids is 1. The lowest BCUT2D eigenvalue weighted by molar-refractivity contribution is -0.137. The van der Waals surface area contributed by atoms with E-state index in [-0.39, 0.29) is 12.2 Å². The third-order valence-electron chi connectivity index (χ3n) is 4.84. The average Bonchev–Trinajstić information content (AvgIpc) is 2.64. The topological polar surface area (TPSA) is 65.0 Å². The second-order valence-corrected chi connectivity index (χ2v) is 7.06. The first kappa shape index (κ1) is 17.8. The van der Waals surface area contributed by atoms with Crippen molar-refractivity contribution in [2.45, 2.75) is 58.1 Å². The molecule has 0 aliphatic carbocycles. The van der Waals surface area contributed by atoms with Crippen LogP contribution >= 0.6 is 0 Å². The van der Waals surface area contributed by atoms with E-state index in [1.54, 1.807) is 7.11 Å². The number of aliphatic carboxylic acids is 1. The number of carbonyl (C=O) groups is 1. The van der Waals surface area contributed by atoms with E-state index in [9.17, 15) is 9.90 Å². The van der Waals surface area contributed by atoms with Gasteiger partial charge in [0, 0.05) is 5.82 Å². The zero-order chi connectivity index (χ0) is 17.4. The molecule has 6 heteroatoms. The summed E-state index contributed by atoms with van der Waals surface area (Å²) in [6.07, 6.45) is -0.0530. The van der Waals surface area contributed by atoms with Crippen molar-refractivity contribution in [1.82, 2.24) is 0 Å². The van der Waals surface area contributed by atoms with Crippen molar-refractivity contribution in [1.29, 1.82) is 0 Å². The third-order valence-corrected chi connectivity index (χ3v) is 4.84. The van der Waals surface area contributed by atoms with Gasteiger partial charge in [-0.05, 0) is 51.8 Å². The molecule has 1 fully saturated rings. The first-order chi connectivity index (χ1) is 10.6. The van der Waals surface area contributed by atoms with Gasteiger partial charge in [0.05, 0.1) is 24.7 Å². The highest BCUT2D eigenvalue weighted by atomic mass is 16.7. The summed E-state index contributed by atoms with van der Waals surface area (Å²) in [7, 11) is 1.02. The standard InChI is InChI=1S/C17H25BO5/c1-11-9-12(7-8-14(11)21-6)13(10-15(19)20)18-22-16(2,3)17(4,5)23-18/h7-9,13H,10H2,1-6H3,(H,19,20). The van der Waals surface area contributed by atoms with Crippen LogP contribution in [-0.4, -0.2) is 36.5 Å². The van der Waals surface area contributed by atoms with E-state index in [0.29, 0.717) is 0 Å². The Labute approximate surface area is 138 Å². The average molecular weight is 320 g/mol. The van der Waals surface area contributed by atoms with Crippen LogP contribution in [0.3, 0.4) is 0 Å². The van der Waals surface area contributed by atoms with Crippen molar-refractivity contribution >= 4 is 13.1 Å². The third kappa shape index (κ3) is 3.53. The maximum Gasteiger partial charge on any atom is 0.466 e. The zero-order valence-corrected chi connectivity index (χ0v) is 14.7. The van der Waals surface area contributed by atoms with Gasteiger partial charge in [-0.15, -0.1) is 0 Å². The molecule has 1 N–H and O–H groups in total. The molecule has 1 atom stereocenters. The highest BCUT2D eigenvalue weighted by molar-refractivity contribution is 6.48. The van der Waals surface area contributed by atoms with Gasteiger partial charge in [-0.2, -0.15) is 0 Å². The minimum Gasteiger partial charge on any atom is -0.496 e. The number of rotatable bonds is 5.